The minimum Gasteiger partial charge on any atom is -0.367 e. The molecule has 0 radical (unpaired) electrons. The summed E-state index contributed by atoms with van der Waals surface area (Å²) in [5.41, 5.74) is 0. The monoisotopic (exact) mass is 255 g/mol. The highest BCUT2D eigenvalue weighted by Gasteiger charge is 2.10. The lowest BCUT2D eigenvalue weighted by molar-refractivity contribution is 0.618. The largest absolute Gasteiger partial charge is 0.367 e. The van der Waals surface area contributed by atoms with E-state index >= 15 is 0 Å². The Hall–Kier alpha value is -0.830. The standard InChI is InChI=1S/C13H22ClN3/c1-5-7-10(6-2)15-12-8-11(14)16-13(17-12)9(3)4/h8-10H,5-7H2,1-4H3,(H,15,16,17). The normalized spacial score (nSPS) is 12.8. The Bertz CT molecular complexity index is 353. The number of aromatic nitrogens is 2. The molecule has 0 aliphatic heterocycles. The third kappa shape index (κ3) is 4.50. The summed E-state index contributed by atoms with van der Waals surface area (Å²) in [6, 6.07) is 2.26. The molecular weight excluding hydrogens is 234 g/mol. The van der Waals surface area contributed by atoms with Crippen LogP contribution in [0.4, 0.5) is 5.82 Å². The lowest BCUT2D eigenvalue weighted by Crippen LogP contribution is -2.19. The molecule has 1 rings (SSSR count). The minimum absolute atomic E-state index is 0.292. The van der Waals surface area contributed by atoms with Crippen molar-refractivity contribution in [1.82, 2.24) is 9.97 Å². The van der Waals surface area contributed by atoms with Gasteiger partial charge in [-0.2, -0.15) is 0 Å². The summed E-state index contributed by atoms with van der Waals surface area (Å²) >= 11 is 6.01. The van der Waals surface area contributed by atoms with Gasteiger partial charge in [0.15, 0.2) is 0 Å². The molecule has 4 heteroatoms. The van der Waals surface area contributed by atoms with Crippen LogP contribution in [0.1, 0.15) is 58.7 Å². The predicted molar refractivity (Wildman–Crippen MR) is 73.7 cm³/mol. The number of anilines is 1. The van der Waals surface area contributed by atoms with Crippen LogP contribution >= 0.6 is 11.6 Å². The van der Waals surface area contributed by atoms with Gasteiger partial charge in [-0.25, -0.2) is 9.97 Å². The van der Waals surface area contributed by atoms with E-state index in [4.69, 9.17) is 11.6 Å². The lowest BCUT2D eigenvalue weighted by Gasteiger charge is -2.17. The molecule has 0 fully saturated rings. The van der Waals surface area contributed by atoms with E-state index in [0.29, 0.717) is 17.1 Å². The molecule has 17 heavy (non-hydrogen) atoms. The number of nitrogens with one attached hydrogen (secondary N) is 1. The van der Waals surface area contributed by atoms with Crippen molar-refractivity contribution in [3.8, 4) is 0 Å². The van der Waals surface area contributed by atoms with Crippen LogP contribution in [0.3, 0.4) is 0 Å². The molecule has 1 aromatic heterocycles. The SMILES string of the molecule is CCCC(CC)Nc1cc(Cl)nc(C(C)C)n1. The molecule has 1 unspecified atom stereocenters. The van der Waals surface area contributed by atoms with Crippen molar-refractivity contribution < 1.29 is 0 Å². The van der Waals surface area contributed by atoms with Crippen LogP contribution < -0.4 is 5.32 Å². The van der Waals surface area contributed by atoms with Gasteiger partial charge in [0.25, 0.3) is 0 Å². The molecular formula is C13H22ClN3. The maximum atomic E-state index is 6.01. The number of nitrogens with zero attached hydrogens (tertiary/aromatic N) is 2. The first-order chi connectivity index (χ1) is 8.06. The molecule has 1 aromatic rings. The molecule has 1 atom stereocenters. The first kappa shape index (κ1) is 14.2. The Morgan fingerprint density at radius 1 is 1.29 bits per heavy atom. The summed E-state index contributed by atoms with van der Waals surface area (Å²) in [4.78, 5) is 8.72. The van der Waals surface area contributed by atoms with Crippen LogP contribution in [0, 0.1) is 0 Å². The maximum Gasteiger partial charge on any atom is 0.135 e. The van der Waals surface area contributed by atoms with E-state index in [-0.39, 0.29) is 0 Å². The Morgan fingerprint density at radius 3 is 2.53 bits per heavy atom. The number of hydrogen-bond donors (Lipinski definition) is 1. The molecule has 0 saturated carbocycles. The van der Waals surface area contributed by atoms with E-state index in [1.165, 1.54) is 6.42 Å². The Balaban J connectivity index is 2.82. The minimum atomic E-state index is 0.292. The summed E-state index contributed by atoms with van der Waals surface area (Å²) in [5, 5.41) is 3.94. The molecule has 0 aliphatic carbocycles. The zero-order valence-electron chi connectivity index (χ0n) is 11.1. The van der Waals surface area contributed by atoms with E-state index in [0.717, 1.165) is 24.5 Å². The highest BCUT2D eigenvalue weighted by molar-refractivity contribution is 6.29. The average molecular weight is 256 g/mol. The van der Waals surface area contributed by atoms with Crippen molar-refractivity contribution in [3.05, 3.63) is 17.0 Å². The topological polar surface area (TPSA) is 37.8 Å². The highest BCUT2D eigenvalue weighted by atomic mass is 35.5. The van der Waals surface area contributed by atoms with Gasteiger partial charge in [0.1, 0.15) is 16.8 Å². The Labute approximate surface area is 109 Å². The van der Waals surface area contributed by atoms with Gasteiger partial charge >= 0.3 is 0 Å². The predicted octanol–water partition coefficient (Wildman–Crippen LogP) is 4.24. The van der Waals surface area contributed by atoms with Crippen molar-refractivity contribution in [3.63, 3.8) is 0 Å². The molecule has 0 bridgehead atoms. The summed E-state index contributed by atoms with van der Waals surface area (Å²) in [7, 11) is 0. The molecule has 0 amide bonds. The fraction of sp³-hybridized carbons (Fsp3) is 0.692. The van der Waals surface area contributed by atoms with Gasteiger partial charge < -0.3 is 5.32 Å². The van der Waals surface area contributed by atoms with Crippen LogP contribution in [0.25, 0.3) is 0 Å². The van der Waals surface area contributed by atoms with Gasteiger partial charge in [-0.15, -0.1) is 0 Å². The zero-order chi connectivity index (χ0) is 12.8. The average Bonchev–Trinajstić information content (AvgIpc) is 2.27. The van der Waals surface area contributed by atoms with E-state index < -0.39 is 0 Å². The Morgan fingerprint density at radius 2 is 2.00 bits per heavy atom. The maximum absolute atomic E-state index is 6.01. The molecule has 1 heterocycles. The smallest absolute Gasteiger partial charge is 0.135 e. The van der Waals surface area contributed by atoms with Crippen LogP contribution in [0.5, 0.6) is 0 Å². The van der Waals surface area contributed by atoms with Gasteiger partial charge in [-0.05, 0) is 12.8 Å². The van der Waals surface area contributed by atoms with Crippen LogP contribution in [0.15, 0.2) is 6.07 Å². The highest BCUT2D eigenvalue weighted by Crippen LogP contribution is 2.18. The molecule has 0 spiro atoms. The van der Waals surface area contributed by atoms with Gasteiger partial charge in [0.05, 0.1) is 0 Å². The number of halogens is 1. The van der Waals surface area contributed by atoms with Crippen molar-refractivity contribution in [2.75, 3.05) is 5.32 Å². The van der Waals surface area contributed by atoms with Gasteiger partial charge in [-0.1, -0.05) is 45.7 Å². The summed E-state index contributed by atoms with van der Waals surface area (Å²) in [6.45, 7) is 8.51. The number of rotatable bonds is 6. The molecule has 0 aromatic carbocycles. The third-order valence-corrected chi connectivity index (χ3v) is 2.90. The fourth-order valence-electron chi connectivity index (χ4n) is 1.70. The van der Waals surface area contributed by atoms with Gasteiger partial charge in [0, 0.05) is 18.0 Å². The first-order valence-electron chi connectivity index (χ1n) is 6.37. The van der Waals surface area contributed by atoms with Crippen molar-refractivity contribution in [1.29, 1.82) is 0 Å². The molecule has 0 aliphatic rings. The third-order valence-electron chi connectivity index (χ3n) is 2.71. The second-order valence-electron chi connectivity index (χ2n) is 4.63. The molecule has 0 saturated heterocycles. The number of hydrogen-bond acceptors (Lipinski definition) is 3. The first-order valence-corrected chi connectivity index (χ1v) is 6.75. The van der Waals surface area contributed by atoms with E-state index in [1.807, 2.05) is 0 Å². The van der Waals surface area contributed by atoms with E-state index in [9.17, 15) is 0 Å². The quantitative estimate of drug-likeness (QED) is 0.773. The summed E-state index contributed by atoms with van der Waals surface area (Å²) in [6.07, 6.45) is 3.41. The van der Waals surface area contributed by atoms with E-state index in [1.54, 1.807) is 6.07 Å². The summed E-state index contributed by atoms with van der Waals surface area (Å²) < 4.78 is 0. The van der Waals surface area contributed by atoms with E-state index in [2.05, 4.69) is 43.0 Å². The fourth-order valence-corrected chi connectivity index (χ4v) is 1.89. The second kappa shape index (κ2) is 6.80. The lowest BCUT2D eigenvalue weighted by atomic mass is 10.1. The Kier molecular flexibility index (Phi) is 5.69. The van der Waals surface area contributed by atoms with Crippen LogP contribution in [0.2, 0.25) is 5.15 Å². The van der Waals surface area contributed by atoms with Crippen LogP contribution in [-0.2, 0) is 0 Å². The zero-order valence-corrected chi connectivity index (χ0v) is 11.9. The van der Waals surface area contributed by atoms with Crippen molar-refractivity contribution in [2.45, 2.75) is 58.9 Å². The molecule has 1 N–H and O–H groups in total. The van der Waals surface area contributed by atoms with Crippen molar-refractivity contribution >= 4 is 17.4 Å². The molecule has 96 valence electrons. The summed E-state index contributed by atoms with van der Waals surface area (Å²) in [5.74, 6) is 1.93. The van der Waals surface area contributed by atoms with Crippen molar-refractivity contribution in [2.24, 2.45) is 0 Å². The van der Waals surface area contributed by atoms with Crippen LogP contribution in [-0.4, -0.2) is 16.0 Å². The molecule has 3 nitrogen and oxygen atoms in total. The van der Waals surface area contributed by atoms with Gasteiger partial charge in [-0.3, -0.25) is 0 Å². The van der Waals surface area contributed by atoms with Gasteiger partial charge in [0.2, 0.25) is 0 Å². The second-order valence-corrected chi connectivity index (χ2v) is 5.01.